The number of rotatable bonds is 10. The molecule has 15 aromatic rings. The number of nitrogens with zero attached hydrogens (tertiary/aromatic N) is 4. The molecule has 4 aromatic heterocycles. The van der Waals surface area contributed by atoms with Crippen molar-refractivity contribution in [3.8, 4) is 40.0 Å². The predicted molar refractivity (Wildman–Crippen MR) is 321 cm³/mol. The number of hydrogen-bond donors (Lipinski definition) is 0. The minimum Gasteiger partial charge on any atom is -0.497 e. The Morgan fingerprint density at radius 2 is 0.558 bits per heavy atom. The molecule has 11 aromatic carbocycles. The molecule has 4 heterocycles. The molecular weight excluding hydrogens is 944 g/mol. The molecule has 0 radical (unpaired) electrons. The van der Waals surface area contributed by atoms with E-state index in [1.54, 1.807) is 21.3 Å². The minimum atomic E-state index is -0.280. The maximum Gasteiger partial charge on any atom is 0.250 e. The lowest BCUT2D eigenvalue weighted by molar-refractivity contribution is 0.379. The van der Waals surface area contributed by atoms with Crippen molar-refractivity contribution in [1.82, 2.24) is 18.3 Å². The molecule has 8 heteroatoms. The quantitative estimate of drug-likeness (QED) is 0.128. The van der Waals surface area contributed by atoms with Crippen molar-refractivity contribution in [3.63, 3.8) is 0 Å². The van der Waals surface area contributed by atoms with Gasteiger partial charge in [0.15, 0.2) is 0 Å². The summed E-state index contributed by atoms with van der Waals surface area (Å²) >= 11 is 0. The predicted octanol–water partition coefficient (Wildman–Crippen LogP) is 14.6. The smallest absolute Gasteiger partial charge is 0.250 e. The molecule has 0 bridgehead atoms. The zero-order chi connectivity index (χ0) is 51.3. The lowest BCUT2D eigenvalue weighted by Crippen LogP contribution is -2.52. The van der Waals surface area contributed by atoms with E-state index in [0.717, 1.165) is 61.2 Å². The van der Waals surface area contributed by atoms with E-state index in [9.17, 15) is 0 Å². The second-order valence-electron chi connectivity index (χ2n) is 19.9. The summed E-state index contributed by atoms with van der Waals surface area (Å²) in [6.45, 7) is -0.280. The summed E-state index contributed by atoms with van der Waals surface area (Å²) in [6, 6.07) is 87.7. The van der Waals surface area contributed by atoms with E-state index in [2.05, 4.69) is 249 Å². The number of ether oxygens (including phenoxy) is 3. The topological polar surface area (TPSA) is 47.4 Å². The third-order valence-electron chi connectivity index (χ3n) is 16.0. The Morgan fingerprint density at radius 3 is 0.857 bits per heavy atom. The van der Waals surface area contributed by atoms with Crippen LogP contribution in [-0.2, 0) is 0 Å². The first-order chi connectivity index (χ1) is 38.1. The van der Waals surface area contributed by atoms with Crippen molar-refractivity contribution in [2.75, 3.05) is 21.3 Å². The summed E-state index contributed by atoms with van der Waals surface area (Å²) < 4.78 is 27.9. The van der Waals surface area contributed by atoms with E-state index in [0.29, 0.717) is 17.2 Å². The molecule has 0 N–H and O–H groups in total. The fraction of sp³-hybridized carbons (Fsp3) is 0.0435. The Kier molecular flexibility index (Phi) is 10.2. The molecule has 0 saturated heterocycles. The molecule has 0 unspecified atom stereocenters. The van der Waals surface area contributed by atoms with Gasteiger partial charge in [0.1, 0.15) is 17.2 Å². The van der Waals surface area contributed by atoms with Crippen LogP contribution in [-0.4, -0.2) is 46.3 Å². The number of benzene rings is 11. The van der Waals surface area contributed by atoms with Crippen LogP contribution in [0.3, 0.4) is 0 Å². The van der Waals surface area contributed by atoms with Gasteiger partial charge in [0.2, 0.25) is 0 Å². The van der Waals surface area contributed by atoms with Crippen molar-refractivity contribution in [1.29, 1.82) is 0 Å². The summed E-state index contributed by atoms with van der Waals surface area (Å²) in [4.78, 5) is 0. The Balaban J connectivity index is 0.896. The Morgan fingerprint density at radius 1 is 0.273 bits per heavy atom. The highest BCUT2D eigenvalue weighted by molar-refractivity contribution is 6.96. The molecule has 77 heavy (non-hydrogen) atoms. The Bertz CT molecular complexity index is 4500. The van der Waals surface area contributed by atoms with Crippen molar-refractivity contribution in [3.05, 3.63) is 243 Å². The summed E-state index contributed by atoms with van der Waals surface area (Å²) in [6.07, 6.45) is 0. The summed E-state index contributed by atoms with van der Waals surface area (Å²) in [5.74, 6) is 2.02. The van der Waals surface area contributed by atoms with Crippen LogP contribution in [0.15, 0.2) is 243 Å². The van der Waals surface area contributed by atoms with Crippen LogP contribution in [0.1, 0.15) is 0 Å². The maximum atomic E-state index is 6.23. The first-order valence-corrected chi connectivity index (χ1v) is 26.1. The number of aromatic nitrogens is 4. The van der Waals surface area contributed by atoms with Crippen LogP contribution in [0.2, 0.25) is 0 Å². The molecular formula is C69H49BN4O3. The average molecular weight is 993 g/mol. The van der Waals surface area contributed by atoms with Gasteiger partial charge in [-0.05, 0) is 97.1 Å². The van der Waals surface area contributed by atoms with Crippen molar-refractivity contribution >= 4 is 110 Å². The van der Waals surface area contributed by atoms with Crippen LogP contribution in [0.4, 0.5) is 0 Å². The molecule has 0 aliphatic heterocycles. The fourth-order valence-electron chi connectivity index (χ4n) is 12.8. The van der Waals surface area contributed by atoms with Gasteiger partial charge in [-0.25, -0.2) is 0 Å². The largest absolute Gasteiger partial charge is 0.497 e. The normalized spacial score (nSPS) is 11.8. The number of hydrogen-bond acceptors (Lipinski definition) is 3. The van der Waals surface area contributed by atoms with Crippen LogP contribution < -0.4 is 30.6 Å². The zero-order valence-electron chi connectivity index (χ0n) is 42.7. The molecule has 0 aliphatic rings. The Labute approximate surface area is 444 Å². The number of methoxy groups -OCH3 is 3. The van der Waals surface area contributed by atoms with Gasteiger partial charge in [0.05, 0.1) is 65.5 Å². The number of fused-ring (bicyclic) bond motifs is 14. The molecule has 0 saturated carbocycles. The molecule has 7 nitrogen and oxygen atoms in total. The van der Waals surface area contributed by atoms with Gasteiger partial charge >= 0.3 is 0 Å². The van der Waals surface area contributed by atoms with Gasteiger partial charge < -0.3 is 32.5 Å². The lowest BCUT2D eigenvalue weighted by Gasteiger charge is -2.22. The van der Waals surface area contributed by atoms with E-state index in [1.165, 1.54) is 65.2 Å². The van der Waals surface area contributed by atoms with E-state index < -0.39 is 0 Å². The standard InChI is InChI=1S/C69H49BN4O3/c1-75-50-42-63(76-2)69(64(43-50)77-3)70(44-30-34-48(35-31-44)73-57-28-16-12-24-53(57)67-61(73)40-38-59-65(67)51-22-10-14-26-55(51)71(59)46-18-6-4-7-19-46)45-32-36-49(37-33-45)74-58-29-17-13-25-54(58)68-62(74)41-39-60-66(68)52-23-11-15-27-56(52)72(60)47-20-8-5-9-21-47/h4-43H,1-3H3. The Hall–Kier alpha value is -9.92. The van der Waals surface area contributed by atoms with Crippen molar-refractivity contribution in [2.24, 2.45) is 0 Å². The van der Waals surface area contributed by atoms with Gasteiger partial charge in [0, 0.05) is 83.4 Å². The van der Waals surface area contributed by atoms with E-state index in [1.807, 2.05) is 12.1 Å². The molecule has 0 atom stereocenters. The lowest BCUT2D eigenvalue weighted by atomic mass is 9.36. The van der Waals surface area contributed by atoms with Crippen LogP contribution in [0, 0.1) is 0 Å². The van der Waals surface area contributed by atoms with Crippen molar-refractivity contribution in [2.45, 2.75) is 0 Å². The van der Waals surface area contributed by atoms with Gasteiger partial charge in [-0.2, -0.15) is 0 Å². The van der Waals surface area contributed by atoms with Crippen LogP contribution in [0.5, 0.6) is 17.2 Å². The SMILES string of the molecule is COc1cc(OC)c(B(c2ccc(-n3c4ccccc4c4c5c6ccccc6n(-c6ccccc6)c5ccc43)cc2)c2ccc(-n3c4ccccc4c4c5c6ccccc6n(-c6ccccc6)c5ccc43)cc2)c(OC)c1. The summed E-state index contributed by atoms with van der Waals surface area (Å²) in [5, 5.41) is 9.87. The second kappa shape index (κ2) is 17.6. The highest BCUT2D eigenvalue weighted by Gasteiger charge is 2.31. The molecule has 0 spiro atoms. The maximum absolute atomic E-state index is 6.23. The monoisotopic (exact) mass is 992 g/mol. The first-order valence-electron chi connectivity index (χ1n) is 26.1. The van der Waals surface area contributed by atoms with Gasteiger partial charge in [-0.15, -0.1) is 0 Å². The zero-order valence-corrected chi connectivity index (χ0v) is 42.7. The molecule has 15 rings (SSSR count). The fourth-order valence-corrected chi connectivity index (χ4v) is 12.8. The molecule has 366 valence electrons. The van der Waals surface area contributed by atoms with E-state index in [4.69, 9.17) is 14.2 Å². The molecule has 0 fully saturated rings. The van der Waals surface area contributed by atoms with Gasteiger partial charge in [0.25, 0.3) is 6.71 Å². The first kappa shape index (κ1) is 44.6. The third-order valence-corrected chi connectivity index (χ3v) is 16.0. The van der Waals surface area contributed by atoms with Crippen LogP contribution in [0.25, 0.3) is 110 Å². The highest BCUT2D eigenvalue weighted by Crippen LogP contribution is 2.44. The highest BCUT2D eigenvalue weighted by atomic mass is 16.5. The summed E-state index contributed by atoms with van der Waals surface area (Å²) in [5.41, 5.74) is 16.9. The third kappa shape index (κ3) is 6.65. The number of para-hydroxylation sites is 6. The molecule has 0 aliphatic carbocycles. The average Bonchev–Trinajstić information content (AvgIpc) is 4.44. The van der Waals surface area contributed by atoms with Gasteiger partial charge in [-0.1, -0.05) is 144 Å². The van der Waals surface area contributed by atoms with E-state index >= 15 is 0 Å². The van der Waals surface area contributed by atoms with E-state index in [-0.39, 0.29) is 6.71 Å². The minimum absolute atomic E-state index is 0.280. The van der Waals surface area contributed by atoms with Crippen LogP contribution >= 0.6 is 0 Å². The van der Waals surface area contributed by atoms with Gasteiger partial charge in [-0.3, -0.25) is 0 Å². The molecule has 0 amide bonds. The summed E-state index contributed by atoms with van der Waals surface area (Å²) in [7, 11) is 5.10. The van der Waals surface area contributed by atoms with Crippen molar-refractivity contribution < 1.29 is 14.2 Å². The second-order valence-corrected chi connectivity index (χ2v) is 19.9.